The summed E-state index contributed by atoms with van der Waals surface area (Å²) >= 11 is 0. The van der Waals surface area contributed by atoms with E-state index in [4.69, 9.17) is 0 Å². The monoisotopic (exact) mass is 260 g/mol. The van der Waals surface area contributed by atoms with E-state index >= 15 is 0 Å². The summed E-state index contributed by atoms with van der Waals surface area (Å²) in [6.07, 6.45) is 4.51. The van der Waals surface area contributed by atoms with Gasteiger partial charge in [-0.2, -0.15) is 0 Å². The van der Waals surface area contributed by atoms with Crippen LogP contribution in [-0.2, 0) is 6.54 Å². The van der Waals surface area contributed by atoms with Crippen molar-refractivity contribution in [3.05, 3.63) is 23.8 Å². The van der Waals surface area contributed by atoms with Crippen LogP contribution in [-0.4, -0.2) is 52.0 Å². The normalized spacial score (nSPS) is 26.3. The lowest BCUT2D eigenvalue weighted by Crippen LogP contribution is -2.32. The summed E-state index contributed by atoms with van der Waals surface area (Å²) in [6, 6.07) is 3.00. The molecular formula is C15H24N4. The van der Waals surface area contributed by atoms with Gasteiger partial charge in [-0.25, -0.2) is 9.97 Å². The maximum atomic E-state index is 4.39. The molecule has 3 rings (SSSR count). The highest BCUT2D eigenvalue weighted by Gasteiger charge is 2.31. The third kappa shape index (κ3) is 3.51. The van der Waals surface area contributed by atoms with Gasteiger partial charge in [0.1, 0.15) is 6.33 Å². The van der Waals surface area contributed by atoms with Gasteiger partial charge in [-0.05, 0) is 31.7 Å². The molecule has 104 valence electrons. The van der Waals surface area contributed by atoms with Crippen LogP contribution in [0.5, 0.6) is 0 Å². The first-order chi connectivity index (χ1) is 9.20. The van der Waals surface area contributed by atoms with Crippen molar-refractivity contribution < 1.29 is 0 Å². The molecule has 1 aliphatic carbocycles. The highest BCUT2D eigenvalue weighted by molar-refractivity contribution is 5.06. The molecule has 4 heteroatoms. The van der Waals surface area contributed by atoms with Gasteiger partial charge in [0.2, 0.25) is 0 Å². The average molecular weight is 260 g/mol. The first-order valence-corrected chi connectivity index (χ1v) is 7.44. The highest BCUT2D eigenvalue weighted by Crippen LogP contribution is 2.28. The van der Waals surface area contributed by atoms with Crippen LogP contribution in [0.4, 0.5) is 0 Å². The predicted molar refractivity (Wildman–Crippen MR) is 75.8 cm³/mol. The Labute approximate surface area is 115 Å². The summed E-state index contributed by atoms with van der Waals surface area (Å²) in [5.74, 6) is 0.756. The number of nitrogens with zero attached hydrogens (tertiary/aromatic N) is 4. The molecule has 1 unspecified atom stereocenters. The third-order valence-corrected chi connectivity index (χ3v) is 4.13. The molecule has 1 atom stereocenters. The van der Waals surface area contributed by atoms with E-state index in [1.807, 2.05) is 6.92 Å². The Hall–Kier alpha value is -1.00. The van der Waals surface area contributed by atoms with Gasteiger partial charge in [0.25, 0.3) is 0 Å². The highest BCUT2D eigenvalue weighted by atomic mass is 15.3. The molecule has 2 heterocycles. The molecule has 0 amide bonds. The van der Waals surface area contributed by atoms with Crippen molar-refractivity contribution in [1.29, 1.82) is 0 Å². The van der Waals surface area contributed by atoms with Crippen LogP contribution in [0.15, 0.2) is 12.4 Å². The van der Waals surface area contributed by atoms with Gasteiger partial charge >= 0.3 is 0 Å². The Morgan fingerprint density at radius 3 is 2.79 bits per heavy atom. The van der Waals surface area contributed by atoms with Crippen LogP contribution >= 0.6 is 0 Å². The molecule has 1 aromatic heterocycles. The second-order valence-electron chi connectivity index (χ2n) is 6.22. The molecule has 2 aliphatic rings. The second-order valence-corrected chi connectivity index (χ2v) is 6.22. The van der Waals surface area contributed by atoms with Crippen LogP contribution in [0.3, 0.4) is 0 Å². The van der Waals surface area contributed by atoms with Crippen molar-refractivity contribution in [2.24, 2.45) is 5.92 Å². The summed E-state index contributed by atoms with van der Waals surface area (Å²) < 4.78 is 0. The summed E-state index contributed by atoms with van der Waals surface area (Å²) in [7, 11) is 0. The third-order valence-electron chi connectivity index (χ3n) is 4.13. The SMILES string of the molecule is Cc1cc(CN2CCN(C3CC3)CC(C)C2)ncn1. The van der Waals surface area contributed by atoms with Gasteiger partial charge in [-0.15, -0.1) is 0 Å². The van der Waals surface area contributed by atoms with E-state index in [0.717, 1.165) is 29.9 Å². The zero-order chi connectivity index (χ0) is 13.2. The first kappa shape index (κ1) is 13.0. The molecule has 0 spiro atoms. The number of hydrogen-bond donors (Lipinski definition) is 0. The molecule has 4 nitrogen and oxygen atoms in total. The van der Waals surface area contributed by atoms with Gasteiger partial charge < -0.3 is 0 Å². The first-order valence-electron chi connectivity index (χ1n) is 7.44. The van der Waals surface area contributed by atoms with Crippen LogP contribution < -0.4 is 0 Å². The Morgan fingerprint density at radius 2 is 2.05 bits per heavy atom. The molecule has 1 aliphatic heterocycles. The van der Waals surface area contributed by atoms with Gasteiger partial charge in [-0.1, -0.05) is 6.92 Å². The van der Waals surface area contributed by atoms with Crippen molar-refractivity contribution in [3.63, 3.8) is 0 Å². The number of aromatic nitrogens is 2. The topological polar surface area (TPSA) is 32.3 Å². The Balaban J connectivity index is 1.61. The molecule has 0 radical (unpaired) electrons. The van der Waals surface area contributed by atoms with Crippen molar-refractivity contribution in [1.82, 2.24) is 19.8 Å². The fraction of sp³-hybridized carbons (Fsp3) is 0.733. The van der Waals surface area contributed by atoms with Crippen molar-refractivity contribution in [3.8, 4) is 0 Å². The van der Waals surface area contributed by atoms with Crippen molar-refractivity contribution >= 4 is 0 Å². The molecule has 2 fully saturated rings. The van der Waals surface area contributed by atoms with Gasteiger partial charge in [-0.3, -0.25) is 9.80 Å². The van der Waals surface area contributed by atoms with E-state index in [1.165, 1.54) is 39.0 Å². The zero-order valence-electron chi connectivity index (χ0n) is 12.0. The second kappa shape index (κ2) is 5.55. The van der Waals surface area contributed by atoms with Crippen LogP contribution in [0.25, 0.3) is 0 Å². The van der Waals surface area contributed by atoms with E-state index in [1.54, 1.807) is 6.33 Å². The molecule has 1 saturated heterocycles. The molecule has 0 bridgehead atoms. The Morgan fingerprint density at radius 1 is 1.21 bits per heavy atom. The lowest BCUT2D eigenvalue weighted by atomic mass is 10.1. The fourth-order valence-corrected chi connectivity index (χ4v) is 3.09. The summed E-state index contributed by atoms with van der Waals surface area (Å²) in [5, 5.41) is 0. The van der Waals surface area contributed by atoms with Crippen molar-refractivity contribution in [2.45, 2.75) is 39.3 Å². The summed E-state index contributed by atoms with van der Waals surface area (Å²) in [6.45, 7) is 10.2. The number of rotatable bonds is 3. The molecule has 19 heavy (non-hydrogen) atoms. The minimum atomic E-state index is 0.756. The molecule has 0 N–H and O–H groups in total. The Kier molecular flexibility index (Phi) is 3.80. The summed E-state index contributed by atoms with van der Waals surface area (Å²) in [5.41, 5.74) is 2.21. The van der Waals surface area contributed by atoms with E-state index in [2.05, 4.69) is 32.8 Å². The number of aryl methyl sites for hydroxylation is 1. The largest absolute Gasteiger partial charge is 0.299 e. The minimum Gasteiger partial charge on any atom is -0.299 e. The van der Waals surface area contributed by atoms with Crippen LogP contribution in [0.1, 0.15) is 31.2 Å². The fourth-order valence-electron chi connectivity index (χ4n) is 3.09. The van der Waals surface area contributed by atoms with Gasteiger partial charge in [0, 0.05) is 44.5 Å². The van der Waals surface area contributed by atoms with E-state index in [-0.39, 0.29) is 0 Å². The van der Waals surface area contributed by atoms with E-state index in [9.17, 15) is 0 Å². The Bertz CT molecular complexity index is 430. The standard InChI is InChI=1S/C15H24N4/c1-12-8-18(5-6-19(9-12)15-3-4-15)10-14-7-13(2)16-11-17-14/h7,11-12,15H,3-6,8-10H2,1-2H3. The van der Waals surface area contributed by atoms with Crippen molar-refractivity contribution in [2.75, 3.05) is 26.2 Å². The average Bonchev–Trinajstić information content (AvgIpc) is 3.17. The summed E-state index contributed by atoms with van der Waals surface area (Å²) in [4.78, 5) is 13.8. The van der Waals surface area contributed by atoms with Crippen LogP contribution in [0.2, 0.25) is 0 Å². The molecule has 0 aromatic carbocycles. The lowest BCUT2D eigenvalue weighted by Gasteiger charge is -2.21. The molecular weight excluding hydrogens is 236 g/mol. The number of hydrogen-bond acceptors (Lipinski definition) is 4. The van der Waals surface area contributed by atoms with E-state index in [0.29, 0.717) is 0 Å². The van der Waals surface area contributed by atoms with Gasteiger partial charge in [0.05, 0.1) is 5.69 Å². The lowest BCUT2D eigenvalue weighted by molar-refractivity contribution is 0.244. The minimum absolute atomic E-state index is 0.756. The maximum absolute atomic E-state index is 4.39. The van der Waals surface area contributed by atoms with Gasteiger partial charge in [0.15, 0.2) is 0 Å². The smallest absolute Gasteiger partial charge is 0.115 e. The van der Waals surface area contributed by atoms with Crippen LogP contribution in [0, 0.1) is 12.8 Å². The quantitative estimate of drug-likeness (QED) is 0.828. The molecule has 1 saturated carbocycles. The van der Waals surface area contributed by atoms with E-state index < -0.39 is 0 Å². The molecule has 1 aromatic rings. The zero-order valence-corrected chi connectivity index (χ0v) is 12.0. The maximum Gasteiger partial charge on any atom is 0.115 e. The predicted octanol–water partition coefficient (Wildman–Crippen LogP) is 1.70.